The number of hydrogen-bond donors (Lipinski definition) is 1. The van der Waals surface area contributed by atoms with E-state index in [0.29, 0.717) is 10.7 Å². The summed E-state index contributed by atoms with van der Waals surface area (Å²) < 4.78 is 0. The lowest BCUT2D eigenvalue weighted by molar-refractivity contribution is -0.135. The summed E-state index contributed by atoms with van der Waals surface area (Å²) in [6.07, 6.45) is 1.50. The van der Waals surface area contributed by atoms with Crippen molar-refractivity contribution in [3.63, 3.8) is 0 Å². The lowest BCUT2D eigenvalue weighted by atomic mass is 9.95. The standard InChI is InChI=1S/C13H8ClN3O2S/c14-10-4-2-1-3-8(10)9(7-15)11(18)12(19)17-13-16-5-6-20-13/h1-6,9H,(H,16,17,19)/t9-/m1/s1. The van der Waals surface area contributed by atoms with Crippen LogP contribution in [0.2, 0.25) is 5.02 Å². The highest BCUT2D eigenvalue weighted by Gasteiger charge is 2.28. The summed E-state index contributed by atoms with van der Waals surface area (Å²) in [6.45, 7) is 0. The summed E-state index contributed by atoms with van der Waals surface area (Å²) in [5.74, 6) is -2.98. The maximum Gasteiger partial charge on any atom is 0.295 e. The molecule has 7 heteroatoms. The second-order valence-electron chi connectivity index (χ2n) is 3.74. The number of nitriles is 1. The molecule has 0 saturated heterocycles. The van der Waals surface area contributed by atoms with Gasteiger partial charge >= 0.3 is 0 Å². The minimum absolute atomic E-state index is 0.273. The largest absolute Gasteiger partial charge is 0.295 e. The van der Waals surface area contributed by atoms with Gasteiger partial charge in [0.1, 0.15) is 5.92 Å². The Balaban J connectivity index is 2.20. The number of anilines is 1. The van der Waals surface area contributed by atoms with E-state index in [1.165, 1.54) is 17.5 Å². The van der Waals surface area contributed by atoms with Gasteiger partial charge in [-0.3, -0.25) is 14.9 Å². The molecule has 0 aliphatic carbocycles. The van der Waals surface area contributed by atoms with Crippen molar-refractivity contribution < 1.29 is 9.59 Å². The second-order valence-corrected chi connectivity index (χ2v) is 5.04. The van der Waals surface area contributed by atoms with E-state index in [-0.39, 0.29) is 5.02 Å². The summed E-state index contributed by atoms with van der Waals surface area (Å²) in [5, 5.41) is 13.7. The van der Waals surface area contributed by atoms with Gasteiger partial charge < -0.3 is 0 Å². The molecular formula is C13H8ClN3O2S. The number of amides is 1. The van der Waals surface area contributed by atoms with Crippen molar-refractivity contribution in [1.29, 1.82) is 5.26 Å². The zero-order valence-corrected chi connectivity index (χ0v) is 11.6. The summed E-state index contributed by atoms with van der Waals surface area (Å²) in [4.78, 5) is 27.7. The van der Waals surface area contributed by atoms with Crippen LogP contribution in [-0.4, -0.2) is 16.7 Å². The molecule has 100 valence electrons. The van der Waals surface area contributed by atoms with Gasteiger partial charge in [0.2, 0.25) is 5.78 Å². The fourth-order valence-electron chi connectivity index (χ4n) is 1.55. The Bertz CT molecular complexity index is 679. The molecule has 0 saturated carbocycles. The lowest BCUT2D eigenvalue weighted by Gasteiger charge is -2.09. The highest BCUT2D eigenvalue weighted by atomic mass is 35.5. The molecule has 1 atom stereocenters. The van der Waals surface area contributed by atoms with Crippen LogP contribution in [0.15, 0.2) is 35.8 Å². The number of Topliss-reactive ketones (excluding diaryl/α,β-unsaturated/α-hetero) is 1. The van der Waals surface area contributed by atoms with Gasteiger partial charge in [0.15, 0.2) is 5.13 Å². The Hall–Kier alpha value is -2.23. The molecule has 0 fully saturated rings. The average Bonchev–Trinajstić information content (AvgIpc) is 2.94. The van der Waals surface area contributed by atoms with Gasteiger partial charge in [-0.15, -0.1) is 11.3 Å². The first-order chi connectivity index (χ1) is 9.63. The minimum atomic E-state index is -1.23. The quantitative estimate of drug-likeness (QED) is 0.880. The van der Waals surface area contributed by atoms with Gasteiger partial charge in [0, 0.05) is 16.6 Å². The molecule has 1 amide bonds. The number of carbonyl (C=O) groups excluding carboxylic acids is 2. The minimum Gasteiger partial charge on any atom is -0.295 e. The molecule has 0 spiro atoms. The van der Waals surface area contributed by atoms with Crippen LogP contribution in [0, 0.1) is 11.3 Å². The number of thiazole rings is 1. The number of nitrogens with zero attached hydrogens (tertiary/aromatic N) is 2. The molecule has 2 rings (SSSR count). The zero-order valence-electron chi connectivity index (χ0n) is 10.0. The molecule has 20 heavy (non-hydrogen) atoms. The molecule has 0 radical (unpaired) electrons. The van der Waals surface area contributed by atoms with Crippen LogP contribution in [0.25, 0.3) is 0 Å². The van der Waals surface area contributed by atoms with E-state index in [1.54, 1.807) is 29.6 Å². The third kappa shape index (κ3) is 3.02. The highest BCUT2D eigenvalue weighted by Crippen LogP contribution is 2.25. The van der Waals surface area contributed by atoms with Gasteiger partial charge in [-0.05, 0) is 11.6 Å². The Kier molecular flexibility index (Phi) is 4.45. The van der Waals surface area contributed by atoms with E-state index < -0.39 is 17.6 Å². The van der Waals surface area contributed by atoms with Gasteiger partial charge in [-0.2, -0.15) is 5.26 Å². The van der Waals surface area contributed by atoms with Gasteiger partial charge in [0.25, 0.3) is 5.91 Å². The van der Waals surface area contributed by atoms with Crippen LogP contribution in [0.3, 0.4) is 0 Å². The van der Waals surface area contributed by atoms with Gasteiger partial charge in [-0.1, -0.05) is 29.8 Å². The number of hydrogen-bond acceptors (Lipinski definition) is 5. The van der Waals surface area contributed by atoms with Crippen molar-refractivity contribution in [2.24, 2.45) is 0 Å². The molecule has 1 aromatic carbocycles. The van der Waals surface area contributed by atoms with Crippen molar-refractivity contribution in [2.75, 3.05) is 5.32 Å². The van der Waals surface area contributed by atoms with Crippen LogP contribution in [0.4, 0.5) is 5.13 Å². The second kappa shape index (κ2) is 6.28. The van der Waals surface area contributed by atoms with E-state index in [9.17, 15) is 9.59 Å². The smallest absolute Gasteiger partial charge is 0.295 e. The molecule has 1 N–H and O–H groups in total. The molecule has 0 bridgehead atoms. The van der Waals surface area contributed by atoms with Crippen LogP contribution >= 0.6 is 22.9 Å². The third-order valence-corrected chi connectivity index (χ3v) is 3.52. The number of halogens is 1. The SMILES string of the molecule is N#C[C@@H](C(=O)C(=O)Nc1nccs1)c1ccccc1Cl. The lowest BCUT2D eigenvalue weighted by Crippen LogP contribution is -2.27. The Morgan fingerprint density at radius 3 is 2.75 bits per heavy atom. The van der Waals surface area contributed by atoms with E-state index in [2.05, 4.69) is 10.3 Å². The molecular weight excluding hydrogens is 298 g/mol. The van der Waals surface area contributed by atoms with E-state index in [1.807, 2.05) is 6.07 Å². The van der Waals surface area contributed by atoms with Crippen LogP contribution in [0.5, 0.6) is 0 Å². The molecule has 5 nitrogen and oxygen atoms in total. The fourth-order valence-corrected chi connectivity index (χ4v) is 2.32. The molecule has 1 aromatic heterocycles. The van der Waals surface area contributed by atoms with E-state index >= 15 is 0 Å². The Labute approximate surface area is 123 Å². The van der Waals surface area contributed by atoms with Crippen molar-refractivity contribution in [3.05, 3.63) is 46.4 Å². The summed E-state index contributed by atoms with van der Waals surface area (Å²) >= 11 is 7.13. The monoisotopic (exact) mass is 305 g/mol. The van der Waals surface area contributed by atoms with Gasteiger partial charge in [-0.25, -0.2) is 4.98 Å². The molecule has 0 aliphatic heterocycles. The number of rotatable bonds is 4. The maximum absolute atomic E-state index is 12.0. The molecule has 0 unspecified atom stereocenters. The normalized spacial score (nSPS) is 11.4. The van der Waals surface area contributed by atoms with Crippen molar-refractivity contribution in [1.82, 2.24) is 4.98 Å². The van der Waals surface area contributed by atoms with Gasteiger partial charge in [0.05, 0.1) is 6.07 Å². The Morgan fingerprint density at radius 2 is 2.15 bits per heavy atom. The third-order valence-electron chi connectivity index (χ3n) is 2.48. The number of aromatic nitrogens is 1. The van der Waals surface area contributed by atoms with Crippen LogP contribution in [0.1, 0.15) is 11.5 Å². The summed E-state index contributed by atoms with van der Waals surface area (Å²) in [6, 6.07) is 8.25. The Morgan fingerprint density at radius 1 is 1.40 bits per heavy atom. The first kappa shape index (κ1) is 14.2. The maximum atomic E-state index is 12.0. The number of carbonyl (C=O) groups is 2. The first-order valence-electron chi connectivity index (χ1n) is 5.52. The first-order valence-corrected chi connectivity index (χ1v) is 6.78. The predicted molar refractivity (Wildman–Crippen MR) is 75.6 cm³/mol. The topological polar surface area (TPSA) is 82.8 Å². The van der Waals surface area contributed by atoms with Crippen molar-refractivity contribution in [2.45, 2.75) is 5.92 Å². The number of nitrogens with one attached hydrogen (secondary N) is 1. The molecule has 1 heterocycles. The fraction of sp³-hybridized carbons (Fsp3) is 0.0769. The molecule has 2 aromatic rings. The predicted octanol–water partition coefficient (Wildman–Crippen LogP) is 2.61. The van der Waals surface area contributed by atoms with Crippen LogP contribution in [-0.2, 0) is 9.59 Å². The van der Waals surface area contributed by atoms with Crippen molar-refractivity contribution >= 4 is 39.8 Å². The summed E-state index contributed by atoms with van der Waals surface area (Å²) in [7, 11) is 0. The number of ketones is 1. The zero-order chi connectivity index (χ0) is 14.5. The number of benzene rings is 1. The highest BCUT2D eigenvalue weighted by molar-refractivity contribution is 7.13. The van der Waals surface area contributed by atoms with E-state index in [0.717, 1.165) is 0 Å². The van der Waals surface area contributed by atoms with E-state index in [4.69, 9.17) is 16.9 Å². The van der Waals surface area contributed by atoms with Crippen LogP contribution < -0.4 is 5.32 Å². The molecule has 0 aliphatic rings. The summed E-state index contributed by atoms with van der Waals surface area (Å²) in [5.41, 5.74) is 0.316. The average molecular weight is 306 g/mol. The van der Waals surface area contributed by atoms with Crippen molar-refractivity contribution in [3.8, 4) is 6.07 Å².